The Morgan fingerprint density at radius 2 is 2.12 bits per heavy atom. The van der Waals surface area contributed by atoms with E-state index < -0.39 is 0 Å². The van der Waals surface area contributed by atoms with Crippen LogP contribution in [0.5, 0.6) is 0 Å². The van der Waals surface area contributed by atoms with Crippen LogP contribution in [0.2, 0.25) is 0 Å². The molecule has 0 unspecified atom stereocenters. The lowest BCUT2D eigenvalue weighted by Crippen LogP contribution is -2.52. The predicted octanol–water partition coefficient (Wildman–Crippen LogP) is 1.80. The van der Waals surface area contributed by atoms with Crippen molar-refractivity contribution in [1.29, 1.82) is 0 Å². The fraction of sp³-hybridized carbons (Fsp3) is 0.714. The summed E-state index contributed by atoms with van der Waals surface area (Å²) in [6.07, 6.45) is 5.76. The second-order valence-electron chi connectivity index (χ2n) is 4.69. The number of unbranched alkanes of at least 4 members (excludes halogenated alkanes) is 1. The van der Waals surface area contributed by atoms with Gasteiger partial charge < -0.3 is 14.0 Å². The zero-order valence-electron chi connectivity index (χ0n) is 11.1. The molecule has 0 aromatic rings. The summed E-state index contributed by atoms with van der Waals surface area (Å²) >= 11 is 0. The molecule has 1 heterocycles. The molecule has 96 valence electrons. The van der Waals surface area contributed by atoms with Crippen LogP contribution in [0.1, 0.15) is 19.8 Å². The third-order valence-corrected chi connectivity index (χ3v) is 2.98. The first-order valence-corrected chi connectivity index (χ1v) is 6.43. The number of likely N-dealkylation sites (N-methyl/N-ethyl adjacent to an activating group) is 1. The van der Waals surface area contributed by atoms with Crippen molar-refractivity contribution in [2.75, 3.05) is 46.5 Å². The van der Waals surface area contributed by atoms with E-state index in [2.05, 4.69) is 25.8 Å². The van der Waals surface area contributed by atoms with E-state index in [0.29, 0.717) is 0 Å². The van der Waals surface area contributed by atoms with Gasteiger partial charge in [0.05, 0.1) is 33.1 Å². The molecule has 3 nitrogen and oxygen atoms in total. The molecule has 17 heavy (non-hydrogen) atoms. The van der Waals surface area contributed by atoms with E-state index in [1.807, 2.05) is 0 Å². The molecule has 0 bridgehead atoms. The van der Waals surface area contributed by atoms with Crippen LogP contribution in [0.25, 0.3) is 0 Å². The number of quaternary nitrogens is 1. The van der Waals surface area contributed by atoms with E-state index in [1.54, 1.807) is 12.3 Å². The molecular formula is C14H24NO2+. The predicted molar refractivity (Wildman–Crippen MR) is 69.4 cm³/mol. The van der Waals surface area contributed by atoms with Crippen molar-refractivity contribution in [2.24, 2.45) is 0 Å². The second-order valence-corrected chi connectivity index (χ2v) is 4.69. The highest BCUT2D eigenvalue weighted by atomic mass is 16.5. The molecule has 0 atom stereocenters. The molecular weight excluding hydrogens is 214 g/mol. The molecule has 1 saturated heterocycles. The molecule has 0 N–H and O–H groups in total. The van der Waals surface area contributed by atoms with Crippen molar-refractivity contribution in [3.8, 4) is 11.8 Å². The maximum atomic E-state index is 5.35. The minimum absolute atomic E-state index is 0.791. The van der Waals surface area contributed by atoms with Crippen molar-refractivity contribution in [3.05, 3.63) is 12.3 Å². The minimum Gasteiger partial charge on any atom is -0.501 e. The van der Waals surface area contributed by atoms with Crippen molar-refractivity contribution >= 4 is 0 Å². The zero-order valence-corrected chi connectivity index (χ0v) is 11.1. The minimum atomic E-state index is 0.791. The number of allylic oxidation sites excluding steroid dienone is 1. The molecule has 0 aliphatic carbocycles. The van der Waals surface area contributed by atoms with Crippen LogP contribution in [-0.4, -0.2) is 51.0 Å². The SMILES string of the molecule is CCCCOC=CC#CC[N+]1(C)CCOCC1. The molecule has 3 heteroatoms. The third-order valence-electron chi connectivity index (χ3n) is 2.98. The number of morpholine rings is 1. The van der Waals surface area contributed by atoms with Crippen LogP contribution < -0.4 is 0 Å². The normalized spacial score (nSPS) is 18.7. The van der Waals surface area contributed by atoms with E-state index in [-0.39, 0.29) is 0 Å². The molecule has 1 aliphatic heterocycles. The van der Waals surface area contributed by atoms with Crippen LogP contribution in [0.15, 0.2) is 12.3 Å². The van der Waals surface area contributed by atoms with E-state index >= 15 is 0 Å². The van der Waals surface area contributed by atoms with Crippen LogP contribution in [-0.2, 0) is 9.47 Å². The maximum absolute atomic E-state index is 5.35. The Labute approximate surface area is 105 Å². The summed E-state index contributed by atoms with van der Waals surface area (Å²) < 4.78 is 11.6. The quantitative estimate of drug-likeness (QED) is 0.315. The fourth-order valence-electron chi connectivity index (χ4n) is 1.62. The zero-order chi connectivity index (χ0) is 12.4. The summed E-state index contributed by atoms with van der Waals surface area (Å²) in [4.78, 5) is 0. The Kier molecular flexibility index (Phi) is 6.76. The summed E-state index contributed by atoms with van der Waals surface area (Å²) in [5.41, 5.74) is 0. The number of hydrogen-bond donors (Lipinski definition) is 0. The molecule has 1 rings (SSSR count). The fourth-order valence-corrected chi connectivity index (χ4v) is 1.62. The second kappa shape index (κ2) is 8.16. The largest absolute Gasteiger partial charge is 0.501 e. The summed E-state index contributed by atoms with van der Waals surface area (Å²) in [5, 5.41) is 0. The van der Waals surface area contributed by atoms with Crippen molar-refractivity contribution in [3.63, 3.8) is 0 Å². The van der Waals surface area contributed by atoms with Crippen molar-refractivity contribution < 1.29 is 14.0 Å². The lowest BCUT2D eigenvalue weighted by Gasteiger charge is -2.35. The average Bonchev–Trinajstić information content (AvgIpc) is 2.33. The summed E-state index contributed by atoms with van der Waals surface area (Å²) in [7, 11) is 2.23. The lowest BCUT2D eigenvalue weighted by molar-refractivity contribution is -0.910. The van der Waals surface area contributed by atoms with Gasteiger partial charge in [0.15, 0.2) is 0 Å². The van der Waals surface area contributed by atoms with Crippen molar-refractivity contribution in [2.45, 2.75) is 19.8 Å². The first-order chi connectivity index (χ1) is 8.27. The van der Waals surface area contributed by atoms with Crippen LogP contribution >= 0.6 is 0 Å². The van der Waals surface area contributed by atoms with E-state index in [1.165, 1.54) is 0 Å². The van der Waals surface area contributed by atoms with Gasteiger partial charge in [0, 0.05) is 6.08 Å². The van der Waals surface area contributed by atoms with E-state index in [0.717, 1.165) is 56.8 Å². The van der Waals surface area contributed by atoms with E-state index in [4.69, 9.17) is 9.47 Å². The van der Waals surface area contributed by atoms with Gasteiger partial charge >= 0.3 is 0 Å². The first kappa shape index (κ1) is 14.1. The van der Waals surface area contributed by atoms with Gasteiger partial charge in [-0.2, -0.15) is 0 Å². The number of nitrogens with zero attached hydrogens (tertiary/aromatic N) is 1. The highest BCUT2D eigenvalue weighted by Crippen LogP contribution is 2.05. The molecule has 0 spiro atoms. The summed E-state index contributed by atoms with van der Waals surface area (Å²) in [6, 6.07) is 0. The van der Waals surface area contributed by atoms with Crippen LogP contribution in [0, 0.1) is 11.8 Å². The van der Waals surface area contributed by atoms with Crippen molar-refractivity contribution in [1.82, 2.24) is 0 Å². The maximum Gasteiger partial charge on any atom is 0.141 e. The van der Waals surface area contributed by atoms with Gasteiger partial charge in [-0.1, -0.05) is 19.3 Å². The van der Waals surface area contributed by atoms with Gasteiger partial charge in [0.2, 0.25) is 0 Å². The highest BCUT2D eigenvalue weighted by Gasteiger charge is 2.23. The third kappa shape index (κ3) is 6.35. The lowest BCUT2D eigenvalue weighted by atomic mass is 10.3. The molecule has 1 aliphatic rings. The molecule has 0 aromatic carbocycles. The molecule has 0 aromatic heterocycles. The molecule has 1 fully saturated rings. The number of hydrogen-bond acceptors (Lipinski definition) is 2. The molecule has 0 amide bonds. The van der Waals surface area contributed by atoms with Gasteiger partial charge in [-0.15, -0.1) is 0 Å². The van der Waals surface area contributed by atoms with Gasteiger partial charge in [0.1, 0.15) is 19.6 Å². The van der Waals surface area contributed by atoms with Crippen LogP contribution in [0.4, 0.5) is 0 Å². The Balaban J connectivity index is 2.16. The molecule has 0 saturated carbocycles. The monoisotopic (exact) mass is 238 g/mol. The Hall–Kier alpha value is -0.980. The topological polar surface area (TPSA) is 18.5 Å². The van der Waals surface area contributed by atoms with Gasteiger partial charge in [0.25, 0.3) is 0 Å². The number of rotatable bonds is 5. The molecule has 0 radical (unpaired) electrons. The summed E-state index contributed by atoms with van der Waals surface area (Å²) in [5.74, 6) is 6.21. The Bertz CT molecular complexity index is 282. The smallest absolute Gasteiger partial charge is 0.141 e. The number of ether oxygens (including phenoxy) is 2. The van der Waals surface area contributed by atoms with Gasteiger partial charge in [-0.25, -0.2) is 0 Å². The Morgan fingerprint density at radius 1 is 1.35 bits per heavy atom. The Morgan fingerprint density at radius 3 is 2.82 bits per heavy atom. The average molecular weight is 238 g/mol. The first-order valence-electron chi connectivity index (χ1n) is 6.43. The van der Waals surface area contributed by atoms with Gasteiger partial charge in [-0.05, 0) is 12.3 Å². The van der Waals surface area contributed by atoms with Gasteiger partial charge in [-0.3, -0.25) is 0 Å². The highest BCUT2D eigenvalue weighted by molar-refractivity contribution is 5.13. The van der Waals surface area contributed by atoms with Crippen LogP contribution in [0.3, 0.4) is 0 Å². The van der Waals surface area contributed by atoms with E-state index in [9.17, 15) is 0 Å². The summed E-state index contributed by atoms with van der Waals surface area (Å²) in [6.45, 7) is 7.67. The standard InChI is InChI=1S/C14H24NO2/c1-3-4-11-16-12-7-5-6-8-15(2)9-13-17-14-10-15/h7,12H,3-4,8-11,13-14H2,1-2H3/q+1.